The van der Waals surface area contributed by atoms with Crippen LogP contribution in [0.1, 0.15) is 23.1 Å². The van der Waals surface area contributed by atoms with Gasteiger partial charge in [0.05, 0.1) is 18.1 Å². The van der Waals surface area contributed by atoms with Crippen LogP contribution in [0, 0.1) is 11.3 Å². The van der Waals surface area contributed by atoms with Gasteiger partial charge in [-0.05, 0) is 12.1 Å². The summed E-state index contributed by atoms with van der Waals surface area (Å²) in [5.41, 5.74) is -1.12. The third-order valence-electron chi connectivity index (χ3n) is 1.95. The maximum Gasteiger partial charge on any atom is 0.307 e. The van der Waals surface area contributed by atoms with E-state index in [0.717, 1.165) is 12.1 Å². The van der Waals surface area contributed by atoms with E-state index in [1.54, 1.807) is 6.07 Å². The molecule has 0 unspecified atom stereocenters. The first kappa shape index (κ1) is 11.9. The van der Waals surface area contributed by atoms with E-state index < -0.39 is 30.1 Å². The highest BCUT2D eigenvalue weighted by atomic mass is 19.3. The highest BCUT2D eigenvalue weighted by Crippen LogP contribution is 2.31. The van der Waals surface area contributed by atoms with E-state index in [4.69, 9.17) is 10.4 Å². The van der Waals surface area contributed by atoms with Gasteiger partial charge in [0.15, 0.2) is 0 Å². The summed E-state index contributed by atoms with van der Waals surface area (Å²) in [6.07, 6.45) is -3.65. The van der Waals surface area contributed by atoms with Crippen LogP contribution >= 0.6 is 0 Å². The van der Waals surface area contributed by atoms with Crippen molar-refractivity contribution in [2.75, 3.05) is 0 Å². The van der Waals surface area contributed by atoms with Crippen LogP contribution < -0.4 is 0 Å². The molecule has 1 aromatic carbocycles. The number of phenolic OH excluding ortho intramolecular Hbond substituents is 1. The Labute approximate surface area is 89.4 Å². The Balaban J connectivity index is 3.35. The predicted octanol–water partition coefficient (Wildman–Crippen LogP) is 1.83. The van der Waals surface area contributed by atoms with E-state index in [9.17, 15) is 18.7 Å². The van der Waals surface area contributed by atoms with Crippen molar-refractivity contribution in [3.63, 3.8) is 0 Å². The average molecular weight is 227 g/mol. The fourth-order valence-electron chi connectivity index (χ4n) is 1.28. The fraction of sp³-hybridized carbons (Fsp3) is 0.200. The molecule has 1 rings (SSSR count). The van der Waals surface area contributed by atoms with E-state index in [2.05, 4.69) is 0 Å². The van der Waals surface area contributed by atoms with Crippen molar-refractivity contribution in [3.8, 4) is 11.8 Å². The molecule has 0 saturated carbocycles. The van der Waals surface area contributed by atoms with E-state index >= 15 is 0 Å². The Kier molecular flexibility index (Phi) is 3.40. The van der Waals surface area contributed by atoms with Crippen LogP contribution in [-0.2, 0) is 11.2 Å². The van der Waals surface area contributed by atoms with Crippen molar-refractivity contribution in [2.24, 2.45) is 0 Å². The normalized spacial score (nSPS) is 10.1. The topological polar surface area (TPSA) is 81.3 Å². The summed E-state index contributed by atoms with van der Waals surface area (Å²) in [7, 11) is 0. The molecule has 2 N–H and O–H groups in total. The lowest BCUT2D eigenvalue weighted by molar-refractivity contribution is -0.136. The van der Waals surface area contributed by atoms with Crippen molar-refractivity contribution < 1.29 is 23.8 Å². The molecule has 0 saturated heterocycles. The van der Waals surface area contributed by atoms with Gasteiger partial charge in [-0.15, -0.1) is 0 Å². The lowest BCUT2D eigenvalue weighted by atomic mass is 10.0. The van der Waals surface area contributed by atoms with Gasteiger partial charge >= 0.3 is 5.97 Å². The molecule has 1 aromatic rings. The summed E-state index contributed by atoms with van der Waals surface area (Å²) in [5, 5.41) is 26.4. The largest absolute Gasteiger partial charge is 0.508 e. The van der Waals surface area contributed by atoms with Crippen molar-refractivity contribution in [1.29, 1.82) is 5.26 Å². The molecule has 0 aliphatic carbocycles. The van der Waals surface area contributed by atoms with Crippen molar-refractivity contribution >= 4 is 5.97 Å². The quantitative estimate of drug-likeness (QED) is 0.825. The van der Waals surface area contributed by atoms with Gasteiger partial charge in [-0.1, -0.05) is 0 Å². The zero-order valence-corrected chi connectivity index (χ0v) is 7.94. The van der Waals surface area contributed by atoms with Crippen LogP contribution in [0.3, 0.4) is 0 Å². The Hall–Kier alpha value is -2.16. The summed E-state index contributed by atoms with van der Waals surface area (Å²) in [4.78, 5) is 10.4. The lowest BCUT2D eigenvalue weighted by Crippen LogP contribution is -2.05. The molecule has 0 radical (unpaired) electrons. The zero-order valence-electron chi connectivity index (χ0n) is 7.94. The number of carboxylic acids is 1. The molecule has 0 heterocycles. The van der Waals surface area contributed by atoms with Crippen LogP contribution in [0.4, 0.5) is 8.78 Å². The molecule has 6 heteroatoms. The molecule has 0 atom stereocenters. The standard InChI is InChI=1S/C10H7F2NO3/c11-10(12)7-1-5(4-13)2-8(14)6(7)3-9(15)16/h1-2,10,14H,3H2,(H,15,16). The Bertz CT molecular complexity index is 466. The van der Waals surface area contributed by atoms with Gasteiger partial charge in [0.25, 0.3) is 6.43 Å². The zero-order chi connectivity index (χ0) is 12.3. The number of hydrogen-bond acceptors (Lipinski definition) is 3. The number of alkyl halides is 2. The summed E-state index contributed by atoms with van der Waals surface area (Å²) >= 11 is 0. The first-order valence-electron chi connectivity index (χ1n) is 4.21. The second-order valence-electron chi connectivity index (χ2n) is 3.05. The third kappa shape index (κ3) is 2.45. The summed E-state index contributed by atoms with van der Waals surface area (Å²) in [6.45, 7) is 0. The number of phenols is 1. The second-order valence-corrected chi connectivity index (χ2v) is 3.05. The Morgan fingerprint density at radius 1 is 1.50 bits per heavy atom. The number of benzene rings is 1. The smallest absolute Gasteiger partial charge is 0.307 e. The van der Waals surface area contributed by atoms with Gasteiger partial charge in [0.1, 0.15) is 5.75 Å². The molecule has 84 valence electrons. The molecule has 16 heavy (non-hydrogen) atoms. The second kappa shape index (κ2) is 4.57. The van der Waals surface area contributed by atoms with Gasteiger partial charge in [-0.2, -0.15) is 5.26 Å². The van der Waals surface area contributed by atoms with Crippen LogP contribution in [0.25, 0.3) is 0 Å². The van der Waals surface area contributed by atoms with Crippen LogP contribution in [0.2, 0.25) is 0 Å². The van der Waals surface area contributed by atoms with Crippen LogP contribution in [0.5, 0.6) is 5.75 Å². The van der Waals surface area contributed by atoms with Crippen LogP contribution in [0.15, 0.2) is 12.1 Å². The van der Waals surface area contributed by atoms with Gasteiger partial charge in [-0.3, -0.25) is 4.79 Å². The van der Waals surface area contributed by atoms with E-state index in [1.807, 2.05) is 0 Å². The number of nitriles is 1. The highest BCUT2D eigenvalue weighted by molar-refractivity contribution is 5.72. The number of aromatic hydroxyl groups is 1. The molecule has 0 aromatic heterocycles. The number of aliphatic carboxylic acids is 1. The summed E-state index contributed by atoms with van der Waals surface area (Å²) in [5.74, 6) is -1.93. The first-order valence-corrected chi connectivity index (χ1v) is 4.21. The number of hydrogen-bond donors (Lipinski definition) is 2. The van der Waals surface area contributed by atoms with E-state index in [-0.39, 0.29) is 11.1 Å². The SMILES string of the molecule is N#Cc1cc(O)c(CC(=O)O)c(C(F)F)c1. The van der Waals surface area contributed by atoms with Gasteiger partial charge in [0, 0.05) is 11.1 Å². The number of nitrogens with zero attached hydrogens (tertiary/aromatic N) is 1. The summed E-state index contributed by atoms with van der Waals surface area (Å²) < 4.78 is 25.1. The van der Waals surface area contributed by atoms with Crippen LogP contribution in [-0.4, -0.2) is 16.2 Å². The van der Waals surface area contributed by atoms with Gasteiger partial charge in [-0.25, -0.2) is 8.78 Å². The van der Waals surface area contributed by atoms with Gasteiger partial charge < -0.3 is 10.2 Å². The molecule has 0 aliphatic rings. The fourth-order valence-corrected chi connectivity index (χ4v) is 1.28. The van der Waals surface area contributed by atoms with Crippen molar-refractivity contribution in [3.05, 3.63) is 28.8 Å². The minimum absolute atomic E-state index is 0.137. The number of carboxylic acid groups (broad SMARTS) is 1. The van der Waals surface area contributed by atoms with Crippen molar-refractivity contribution in [2.45, 2.75) is 12.8 Å². The minimum atomic E-state index is -2.94. The van der Waals surface area contributed by atoms with Gasteiger partial charge in [0.2, 0.25) is 0 Å². The van der Waals surface area contributed by atoms with Crippen molar-refractivity contribution in [1.82, 2.24) is 0 Å². The molecular formula is C10H7F2NO3. The van der Waals surface area contributed by atoms with E-state index in [0.29, 0.717) is 0 Å². The molecular weight excluding hydrogens is 220 g/mol. The van der Waals surface area contributed by atoms with E-state index in [1.165, 1.54) is 0 Å². The maximum absolute atomic E-state index is 12.6. The first-order chi connectivity index (χ1) is 7.45. The molecule has 0 bridgehead atoms. The third-order valence-corrected chi connectivity index (χ3v) is 1.95. The Morgan fingerprint density at radius 2 is 2.12 bits per heavy atom. The molecule has 0 spiro atoms. The monoisotopic (exact) mass is 227 g/mol. The molecule has 0 fully saturated rings. The molecule has 4 nitrogen and oxygen atoms in total. The Morgan fingerprint density at radius 3 is 2.56 bits per heavy atom. The predicted molar refractivity (Wildman–Crippen MR) is 49.1 cm³/mol. The lowest BCUT2D eigenvalue weighted by Gasteiger charge is -2.09. The average Bonchev–Trinajstić information content (AvgIpc) is 2.19. The number of halogens is 2. The highest BCUT2D eigenvalue weighted by Gasteiger charge is 2.19. The summed E-state index contributed by atoms with van der Waals surface area (Å²) in [6, 6.07) is 3.44. The number of carbonyl (C=O) groups is 1. The molecule has 0 aliphatic heterocycles. The molecule has 0 amide bonds. The minimum Gasteiger partial charge on any atom is -0.508 e. The number of rotatable bonds is 3. The maximum atomic E-state index is 12.6.